The minimum Gasteiger partial charge on any atom is -0.439 e. The molecule has 3 heteroatoms. The van der Waals surface area contributed by atoms with E-state index in [-0.39, 0.29) is 0 Å². The molecule has 3 nitrogen and oxygen atoms in total. The summed E-state index contributed by atoms with van der Waals surface area (Å²) in [6.45, 7) is 0. The molecule has 3 heterocycles. The van der Waals surface area contributed by atoms with Crippen LogP contribution in [-0.2, 0) is 0 Å². The molecule has 0 atom stereocenters. The zero-order chi connectivity index (χ0) is 17.1. The maximum Gasteiger partial charge on any atom is 0.215 e. The van der Waals surface area contributed by atoms with Gasteiger partial charge in [0.25, 0.3) is 0 Å². The molecule has 0 aliphatic heterocycles. The van der Waals surface area contributed by atoms with Crippen LogP contribution >= 0.6 is 0 Å². The SMILES string of the molecule is c1ccc2c(-n3c4cccnc4c4c5ccccc5oc43)cccc2c1. The third-order valence-electron chi connectivity index (χ3n) is 5.05. The zero-order valence-corrected chi connectivity index (χ0v) is 13.9. The van der Waals surface area contributed by atoms with E-state index in [2.05, 4.69) is 64.1 Å². The van der Waals surface area contributed by atoms with Crippen LogP contribution in [0.2, 0.25) is 0 Å². The molecule has 0 bridgehead atoms. The summed E-state index contributed by atoms with van der Waals surface area (Å²) in [5.74, 6) is 0. The number of furan rings is 1. The smallest absolute Gasteiger partial charge is 0.215 e. The van der Waals surface area contributed by atoms with Crippen molar-refractivity contribution in [2.24, 2.45) is 0 Å². The maximum absolute atomic E-state index is 6.29. The van der Waals surface area contributed by atoms with Gasteiger partial charge in [0, 0.05) is 17.0 Å². The molecule has 0 spiro atoms. The average Bonchev–Trinajstić information content (AvgIpc) is 3.22. The first-order valence-electron chi connectivity index (χ1n) is 8.66. The van der Waals surface area contributed by atoms with Crippen LogP contribution in [0.5, 0.6) is 0 Å². The first-order valence-corrected chi connectivity index (χ1v) is 8.66. The molecule has 3 aromatic heterocycles. The monoisotopic (exact) mass is 334 g/mol. The lowest BCUT2D eigenvalue weighted by atomic mass is 10.1. The highest BCUT2D eigenvalue weighted by atomic mass is 16.3. The number of hydrogen-bond acceptors (Lipinski definition) is 2. The molecule has 0 aliphatic rings. The molecule has 3 aromatic carbocycles. The summed E-state index contributed by atoms with van der Waals surface area (Å²) < 4.78 is 8.49. The lowest BCUT2D eigenvalue weighted by molar-refractivity contribution is 0.646. The van der Waals surface area contributed by atoms with Gasteiger partial charge >= 0.3 is 0 Å². The molecule has 0 saturated heterocycles. The van der Waals surface area contributed by atoms with Crippen molar-refractivity contribution in [2.75, 3.05) is 0 Å². The Morgan fingerprint density at radius 3 is 2.50 bits per heavy atom. The fraction of sp³-hybridized carbons (Fsp3) is 0. The molecule has 6 aromatic rings. The largest absolute Gasteiger partial charge is 0.439 e. The second kappa shape index (κ2) is 4.96. The Morgan fingerprint density at radius 1 is 0.731 bits per heavy atom. The van der Waals surface area contributed by atoms with Crippen LogP contribution in [-0.4, -0.2) is 9.55 Å². The highest BCUT2D eigenvalue weighted by Gasteiger charge is 2.20. The van der Waals surface area contributed by atoms with Crippen molar-refractivity contribution in [1.82, 2.24) is 9.55 Å². The summed E-state index contributed by atoms with van der Waals surface area (Å²) in [5, 5.41) is 4.58. The molecule has 0 radical (unpaired) electrons. The topological polar surface area (TPSA) is 31.0 Å². The molecular weight excluding hydrogens is 320 g/mol. The van der Waals surface area contributed by atoms with Crippen LogP contribution < -0.4 is 0 Å². The third kappa shape index (κ3) is 1.69. The first-order chi connectivity index (χ1) is 12.9. The Morgan fingerprint density at radius 2 is 1.54 bits per heavy atom. The van der Waals surface area contributed by atoms with Crippen LogP contribution in [0.15, 0.2) is 89.5 Å². The number of pyridine rings is 1. The minimum atomic E-state index is 0.844. The summed E-state index contributed by atoms with van der Waals surface area (Å²) >= 11 is 0. The van der Waals surface area contributed by atoms with E-state index in [1.807, 2.05) is 30.5 Å². The lowest BCUT2D eigenvalue weighted by Gasteiger charge is -2.09. The van der Waals surface area contributed by atoms with Crippen molar-refractivity contribution in [1.29, 1.82) is 0 Å². The summed E-state index contributed by atoms with van der Waals surface area (Å²) in [5.41, 5.74) is 4.87. The standard InChI is InChI=1S/C23H14N2O/c1-2-9-16-15(7-1)8-5-11-18(16)25-19-12-6-14-24-22(19)21-17-10-3-4-13-20(17)26-23(21)25/h1-14H. The molecule has 6 rings (SSSR count). The molecule has 0 aliphatic carbocycles. The van der Waals surface area contributed by atoms with Crippen molar-refractivity contribution in [3.63, 3.8) is 0 Å². The second-order valence-electron chi connectivity index (χ2n) is 6.48. The summed E-state index contributed by atoms with van der Waals surface area (Å²) in [7, 11) is 0. The molecule has 0 fully saturated rings. The van der Waals surface area contributed by atoms with Gasteiger partial charge in [-0.3, -0.25) is 9.55 Å². The van der Waals surface area contributed by atoms with Crippen LogP contribution in [0.3, 0.4) is 0 Å². The fourth-order valence-electron chi connectivity index (χ4n) is 3.94. The predicted molar refractivity (Wildman–Crippen MR) is 106 cm³/mol. The first kappa shape index (κ1) is 13.7. The molecular formula is C23H14N2O. The van der Waals surface area contributed by atoms with E-state index < -0.39 is 0 Å². The molecule has 122 valence electrons. The van der Waals surface area contributed by atoms with E-state index in [0.717, 1.165) is 38.8 Å². The Balaban J connectivity index is 1.88. The number of nitrogens with zero attached hydrogens (tertiary/aromatic N) is 2. The van der Waals surface area contributed by atoms with Gasteiger partial charge in [0.2, 0.25) is 5.71 Å². The highest BCUT2D eigenvalue weighted by molar-refractivity contribution is 6.18. The van der Waals surface area contributed by atoms with Gasteiger partial charge in [0.15, 0.2) is 0 Å². The quantitative estimate of drug-likeness (QED) is 0.365. The van der Waals surface area contributed by atoms with Crippen LogP contribution in [0.25, 0.3) is 49.6 Å². The van der Waals surface area contributed by atoms with E-state index in [1.54, 1.807) is 0 Å². The van der Waals surface area contributed by atoms with Gasteiger partial charge in [-0.25, -0.2) is 0 Å². The van der Waals surface area contributed by atoms with E-state index in [9.17, 15) is 0 Å². The van der Waals surface area contributed by atoms with Gasteiger partial charge in [-0.1, -0.05) is 54.6 Å². The summed E-state index contributed by atoms with van der Waals surface area (Å²) in [6.07, 6.45) is 1.84. The van der Waals surface area contributed by atoms with Crippen molar-refractivity contribution in [3.8, 4) is 5.69 Å². The van der Waals surface area contributed by atoms with Gasteiger partial charge in [-0.15, -0.1) is 0 Å². The highest BCUT2D eigenvalue weighted by Crippen LogP contribution is 2.39. The number of para-hydroxylation sites is 1. The Labute approximate surface area is 149 Å². The normalized spacial score (nSPS) is 11.8. The summed E-state index contributed by atoms with van der Waals surface area (Å²) in [4.78, 5) is 4.68. The van der Waals surface area contributed by atoms with E-state index >= 15 is 0 Å². The van der Waals surface area contributed by atoms with E-state index in [0.29, 0.717) is 0 Å². The average molecular weight is 334 g/mol. The van der Waals surface area contributed by atoms with Gasteiger partial charge in [0.05, 0.1) is 16.6 Å². The number of fused-ring (bicyclic) bond motifs is 6. The van der Waals surface area contributed by atoms with E-state index in [4.69, 9.17) is 4.42 Å². The van der Waals surface area contributed by atoms with Crippen LogP contribution in [0, 0.1) is 0 Å². The van der Waals surface area contributed by atoms with Gasteiger partial charge in [0.1, 0.15) is 11.1 Å². The van der Waals surface area contributed by atoms with Gasteiger partial charge in [-0.2, -0.15) is 0 Å². The zero-order valence-electron chi connectivity index (χ0n) is 13.9. The maximum atomic E-state index is 6.29. The van der Waals surface area contributed by atoms with E-state index in [1.165, 1.54) is 10.8 Å². The molecule has 0 saturated carbocycles. The Bertz CT molecular complexity index is 1430. The number of benzene rings is 3. The van der Waals surface area contributed by atoms with Crippen molar-refractivity contribution in [2.45, 2.75) is 0 Å². The lowest BCUT2D eigenvalue weighted by Crippen LogP contribution is -1.94. The van der Waals surface area contributed by atoms with Crippen LogP contribution in [0.4, 0.5) is 0 Å². The van der Waals surface area contributed by atoms with Gasteiger partial charge in [-0.05, 0) is 29.7 Å². The number of aromatic nitrogens is 2. The molecule has 0 unspecified atom stereocenters. The molecule has 0 amide bonds. The van der Waals surface area contributed by atoms with Gasteiger partial charge < -0.3 is 4.42 Å². The number of hydrogen-bond donors (Lipinski definition) is 0. The van der Waals surface area contributed by atoms with Crippen molar-refractivity contribution < 1.29 is 4.42 Å². The Hall–Kier alpha value is -3.59. The summed E-state index contributed by atoms with van der Waals surface area (Å²) in [6, 6.07) is 27.0. The molecule has 0 N–H and O–H groups in total. The fourth-order valence-corrected chi connectivity index (χ4v) is 3.94. The van der Waals surface area contributed by atoms with Crippen molar-refractivity contribution in [3.05, 3.63) is 85.1 Å². The van der Waals surface area contributed by atoms with Crippen LogP contribution in [0.1, 0.15) is 0 Å². The number of rotatable bonds is 1. The molecule has 26 heavy (non-hydrogen) atoms. The predicted octanol–water partition coefficient (Wildman–Crippen LogP) is 6.08. The van der Waals surface area contributed by atoms with Crippen molar-refractivity contribution >= 4 is 43.9 Å². The third-order valence-corrected chi connectivity index (χ3v) is 5.05. The second-order valence-corrected chi connectivity index (χ2v) is 6.48. The Kier molecular flexibility index (Phi) is 2.61. The minimum absolute atomic E-state index is 0.844.